The molecule has 4 aliphatic rings. The average molecular weight is 777 g/mol. The second kappa shape index (κ2) is 14.2. The van der Waals surface area contributed by atoms with Gasteiger partial charge in [-0.2, -0.15) is 0 Å². The van der Waals surface area contributed by atoms with Crippen molar-refractivity contribution in [2.45, 2.75) is 53.3 Å². The van der Waals surface area contributed by atoms with Gasteiger partial charge >= 0.3 is 0 Å². The minimum atomic E-state index is -1.61. The van der Waals surface area contributed by atoms with E-state index in [0.717, 1.165) is 20.9 Å². The van der Waals surface area contributed by atoms with Crippen LogP contribution in [-0.2, 0) is 24.5 Å². The molecule has 0 aliphatic carbocycles. The number of benzene rings is 2. The fourth-order valence-electron chi connectivity index (χ4n) is 5.19. The van der Waals surface area contributed by atoms with Crippen molar-refractivity contribution in [2.75, 3.05) is 0 Å². The third-order valence-electron chi connectivity index (χ3n) is 7.25. The number of nitrogens with one attached hydrogen (secondary N) is 2. The normalized spacial score (nSPS) is 20.7. The predicted molar refractivity (Wildman–Crippen MR) is 170 cm³/mol. The van der Waals surface area contributed by atoms with Crippen molar-refractivity contribution in [2.24, 2.45) is 0 Å². The van der Waals surface area contributed by atoms with Gasteiger partial charge in [-0.15, -0.1) is 0 Å². The third-order valence-corrected chi connectivity index (χ3v) is 7.90. The molecule has 0 aromatic heterocycles. The van der Waals surface area contributed by atoms with Crippen LogP contribution in [0.25, 0.3) is 0 Å². The molecule has 242 valence electrons. The number of fused-ring (bicyclic) bond motifs is 2. The monoisotopic (exact) mass is 774 g/mol. The molecule has 2 aromatic rings. The van der Waals surface area contributed by atoms with Crippen molar-refractivity contribution in [3.63, 3.8) is 0 Å². The Morgan fingerprint density at radius 2 is 1.07 bits per heavy atom. The Hall–Kier alpha value is -3.36. The molecule has 6 rings (SSSR count). The summed E-state index contributed by atoms with van der Waals surface area (Å²) in [6.45, 7) is 1.83. The van der Waals surface area contributed by atoms with E-state index in [2.05, 4.69) is 26.6 Å². The van der Waals surface area contributed by atoms with Crippen LogP contribution in [0.15, 0.2) is 36.4 Å². The number of nitrogens with zero attached hydrogens (tertiary/aromatic N) is 2. The first-order valence-corrected chi connectivity index (χ1v) is 16.1. The highest BCUT2D eigenvalue weighted by atomic mass is 79.9. The van der Waals surface area contributed by atoms with Gasteiger partial charge < -0.3 is 0 Å². The predicted octanol–water partition coefficient (Wildman–Crippen LogP) is 3.93. The summed E-state index contributed by atoms with van der Waals surface area (Å²) >= 11 is 22.6. The first kappa shape index (κ1) is 35.5. The highest BCUT2D eigenvalue weighted by molar-refractivity contribution is 9.08. The topological polar surface area (TPSA) is 167 Å². The van der Waals surface area contributed by atoms with Gasteiger partial charge in [0.15, 0.2) is 0 Å². The number of imide groups is 4. The standard InChI is InChI=1S/C14H11BrN2O4.C14H12N2O4.CCl4/c15-6-7-1-2-8-9(5-7)14(21)17(13(8)20)10-3-4-11(18)16-12(10)19;1-7-2-3-8-9(6-7)14(20)16(13(8)19)10-4-5-11(17)15-12(10)18;2-1(3,4)5/h1-2,5,10H,3-4,6H2,(H,16,18,19);2-3,6,10H,4-5H2,1H3,(H,15,17,18);. The Morgan fingerprint density at radius 3 is 1.48 bits per heavy atom. The van der Waals surface area contributed by atoms with Crippen molar-refractivity contribution in [3.05, 3.63) is 69.8 Å². The Labute approximate surface area is 290 Å². The average Bonchev–Trinajstić information content (AvgIpc) is 3.36. The maximum absolute atomic E-state index is 12.4. The molecule has 12 nitrogen and oxygen atoms in total. The summed E-state index contributed by atoms with van der Waals surface area (Å²) in [5.74, 6) is -3.84. The lowest BCUT2D eigenvalue weighted by Gasteiger charge is -2.27. The molecule has 2 atom stereocenters. The number of carbonyl (C=O) groups is 8. The van der Waals surface area contributed by atoms with Crippen LogP contribution < -0.4 is 10.6 Å². The van der Waals surface area contributed by atoms with E-state index in [4.69, 9.17) is 46.4 Å². The zero-order valence-electron chi connectivity index (χ0n) is 23.7. The molecule has 17 heteroatoms. The summed E-state index contributed by atoms with van der Waals surface area (Å²) in [5, 5.41) is 4.90. The van der Waals surface area contributed by atoms with E-state index in [9.17, 15) is 38.4 Å². The first-order valence-electron chi connectivity index (χ1n) is 13.5. The zero-order chi connectivity index (χ0) is 34.1. The Bertz CT molecular complexity index is 1690. The van der Waals surface area contributed by atoms with Crippen LogP contribution in [-0.4, -0.2) is 72.4 Å². The summed E-state index contributed by atoms with van der Waals surface area (Å²) in [4.78, 5) is 97.3. The fraction of sp³-hybridized carbons (Fsp3) is 0.310. The lowest BCUT2D eigenvalue weighted by Crippen LogP contribution is -2.54. The number of rotatable bonds is 3. The van der Waals surface area contributed by atoms with Crippen molar-refractivity contribution in [1.29, 1.82) is 0 Å². The van der Waals surface area contributed by atoms with Gasteiger partial charge in [-0.3, -0.25) is 58.8 Å². The van der Waals surface area contributed by atoms with Crippen LogP contribution in [0.2, 0.25) is 0 Å². The van der Waals surface area contributed by atoms with Gasteiger partial charge in [0, 0.05) is 18.2 Å². The number of amides is 8. The van der Waals surface area contributed by atoms with Crippen LogP contribution >= 0.6 is 62.3 Å². The summed E-state index contributed by atoms with van der Waals surface area (Å²) in [5.41, 5.74) is 2.98. The molecule has 2 fully saturated rings. The van der Waals surface area contributed by atoms with E-state index in [1.165, 1.54) is 0 Å². The van der Waals surface area contributed by atoms with Gasteiger partial charge in [0.1, 0.15) is 12.1 Å². The molecule has 2 saturated heterocycles. The third kappa shape index (κ3) is 7.77. The number of aryl methyl sites for hydroxylation is 1. The molecule has 0 radical (unpaired) electrons. The number of hydrogen-bond acceptors (Lipinski definition) is 8. The van der Waals surface area contributed by atoms with E-state index in [1.807, 2.05) is 6.92 Å². The molecule has 4 heterocycles. The number of halogens is 5. The summed E-state index contributed by atoms with van der Waals surface area (Å²) < 4.78 is -1.61. The smallest absolute Gasteiger partial charge is 0.266 e. The van der Waals surface area contributed by atoms with Gasteiger partial charge in [-0.1, -0.05) is 80.0 Å². The van der Waals surface area contributed by atoms with Gasteiger partial charge in [-0.25, -0.2) is 0 Å². The second-order valence-corrected chi connectivity index (χ2v) is 14.4. The van der Waals surface area contributed by atoms with Crippen LogP contribution in [0.5, 0.6) is 0 Å². The maximum Gasteiger partial charge on any atom is 0.266 e. The Morgan fingerprint density at radius 1 is 0.674 bits per heavy atom. The number of hydrogen-bond donors (Lipinski definition) is 2. The summed E-state index contributed by atoms with van der Waals surface area (Å²) in [6, 6.07) is 8.17. The molecule has 4 aliphatic heterocycles. The van der Waals surface area contributed by atoms with E-state index in [1.54, 1.807) is 36.4 Å². The quantitative estimate of drug-likeness (QED) is 0.350. The van der Waals surface area contributed by atoms with E-state index in [0.29, 0.717) is 27.6 Å². The minimum Gasteiger partial charge on any atom is -0.295 e. The van der Waals surface area contributed by atoms with Crippen LogP contribution in [0.4, 0.5) is 0 Å². The van der Waals surface area contributed by atoms with Gasteiger partial charge in [0.2, 0.25) is 23.6 Å². The number of alkyl halides is 5. The molecule has 0 bridgehead atoms. The number of piperidine rings is 2. The first-order chi connectivity index (χ1) is 21.5. The van der Waals surface area contributed by atoms with Crippen LogP contribution in [0, 0.1) is 6.92 Å². The summed E-state index contributed by atoms with van der Waals surface area (Å²) in [6.07, 6.45) is 0.593. The number of carbonyl (C=O) groups excluding carboxylic acids is 8. The zero-order valence-corrected chi connectivity index (χ0v) is 28.3. The van der Waals surface area contributed by atoms with Crippen LogP contribution in [0.1, 0.15) is 78.2 Å². The molecule has 2 unspecified atom stereocenters. The van der Waals surface area contributed by atoms with Crippen molar-refractivity contribution < 1.29 is 38.4 Å². The lowest BCUT2D eigenvalue weighted by molar-refractivity contribution is -0.137. The SMILES string of the molecule is Cc1ccc2c(c1)C(=O)N(C1CCC(=O)NC1=O)C2=O.ClC(Cl)(Cl)Cl.O=C1CCC(N2C(=O)c3ccc(CBr)cc3C2=O)C(=O)N1. The lowest BCUT2D eigenvalue weighted by atomic mass is 10.0. The minimum absolute atomic E-state index is 0.121. The molecule has 8 amide bonds. The van der Waals surface area contributed by atoms with Gasteiger partial charge in [0.25, 0.3) is 26.9 Å². The molecule has 0 spiro atoms. The van der Waals surface area contributed by atoms with Crippen LogP contribution in [0.3, 0.4) is 0 Å². The largest absolute Gasteiger partial charge is 0.295 e. The molecule has 2 N–H and O–H groups in total. The van der Waals surface area contributed by atoms with Gasteiger partial charge in [0.05, 0.1) is 22.3 Å². The molecular formula is C29H23BrCl4N4O8. The van der Waals surface area contributed by atoms with E-state index >= 15 is 0 Å². The highest BCUT2D eigenvalue weighted by Crippen LogP contribution is 2.31. The second-order valence-electron chi connectivity index (χ2n) is 10.4. The maximum atomic E-state index is 12.4. The van der Waals surface area contributed by atoms with Crippen molar-refractivity contribution >= 4 is 110 Å². The van der Waals surface area contributed by atoms with E-state index < -0.39 is 50.8 Å². The molecule has 46 heavy (non-hydrogen) atoms. The Kier molecular flexibility index (Phi) is 10.9. The van der Waals surface area contributed by atoms with Crippen molar-refractivity contribution in [3.8, 4) is 0 Å². The molecular weight excluding hydrogens is 754 g/mol. The van der Waals surface area contributed by atoms with Crippen molar-refractivity contribution in [1.82, 2.24) is 20.4 Å². The Balaban J connectivity index is 0.000000183. The van der Waals surface area contributed by atoms with Gasteiger partial charge in [-0.05, 0) is 49.6 Å². The summed E-state index contributed by atoms with van der Waals surface area (Å²) in [7, 11) is 0. The molecule has 2 aromatic carbocycles. The highest BCUT2D eigenvalue weighted by Gasteiger charge is 2.45. The van der Waals surface area contributed by atoms with E-state index in [-0.39, 0.29) is 37.5 Å². The molecule has 0 saturated carbocycles. The fourth-order valence-corrected chi connectivity index (χ4v) is 5.53.